The Morgan fingerprint density at radius 1 is 0.714 bits per heavy atom. The normalized spacial score (nSPS) is 14.1. The van der Waals surface area contributed by atoms with Gasteiger partial charge in [-0.15, -0.1) is 0 Å². The van der Waals surface area contributed by atoms with E-state index in [1.54, 1.807) is 0 Å². The molecule has 1 rings (SSSR count). The fraction of sp³-hybridized carbons (Fsp3) is 0.579. The Labute approximate surface area is 181 Å². The lowest BCUT2D eigenvalue weighted by atomic mass is 9.90. The molecule has 0 fully saturated rings. The van der Waals surface area contributed by atoms with E-state index in [0.717, 1.165) is 0 Å². The lowest BCUT2D eigenvalue weighted by Crippen LogP contribution is -2.59. The summed E-state index contributed by atoms with van der Waals surface area (Å²) in [5.41, 5.74) is 10.4. The van der Waals surface area contributed by atoms with Crippen LogP contribution in [0.4, 0.5) is 0 Å². The van der Waals surface area contributed by atoms with Gasteiger partial charge in [-0.05, 0) is 107 Å². The third kappa shape index (κ3) is 7.29. The maximum absolute atomic E-state index is 6.39. The van der Waals surface area contributed by atoms with Crippen molar-refractivity contribution in [2.75, 3.05) is 0 Å². The van der Waals surface area contributed by atoms with E-state index < -0.39 is 35.4 Å². The zero-order valence-electron chi connectivity index (χ0n) is 20.0. The molecule has 0 bridgehead atoms. The van der Waals surface area contributed by atoms with Crippen LogP contribution in [0.2, 0.25) is 39.3 Å². The maximum atomic E-state index is 6.39. The minimum atomic E-state index is -3.04. The van der Waals surface area contributed by atoms with Crippen molar-refractivity contribution in [3.05, 3.63) is 39.1 Å². The van der Waals surface area contributed by atoms with Crippen LogP contribution in [0.25, 0.3) is 6.08 Å². The van der Waals surface area contributed by atoms with Gasteiger partial charge in [-0.1, -0.05) is 11.8 Å². The summed E-state index contributed by atoms with van der Waals surface area (Å²) in [5.74, 6) is 0. The largest absolute Gasteiger partial charge is 0.636 e. The molecule has 0 unspecified atom stereocenters. The summed E-state index contributed by atoms with van der Waals surface area (Å²) in [4.78, 5) is 0. The van der Waals surface area contributed by atoms with Gasteiger partial charge in [0.1, 0.15) is 10.5 Å². The van der Waals surface area contributed by atoms with Gasteiger partial charge in [0.25, 0.3) is 0 Å². The van der Waals surface area contributed by atoms with E-state index in [1.165, 1.54) is 33.4 Å². The number of hydrogen-bond acceptors (Lipinski definition) is 4. The molecule has 28 heavy (non-hydrogen) atoms. The fourth-order valence-electron chi connectivity index (χ4n) is 3.07. The number of benzene rings is 1. The van der Waals surface area contributed by atoms with Gasteiger partial charge in [0.05, 0.1) is 0 Å². The Bertz CT molecular complexity index is 675. The van der Waals surface area contributed by atoms with Gasteiger partial charge < -0.3 is 16.5 Å². The molecule has 1 aromatic rings. The number of rotatable bonds is 9. The molecule has 9 heteroatoms. The highest BCUT2D eigenvalue weighted by molar-refractivity contribution is 6.85. The van der Waals surface area contributed by atoms with Crippen LogP contribution in [0.3, 0.4) is 0 Å². The first-order chi connectivity index (χ1) is 12.6. The molecule has 0 aliphatic carbocycles. The third-order valence-electron chi connectivity index (χ3n) is 4.81. The van der Waals surface area contributed by atoms with Gasteiger partial charge in [-0.25, -0.2) is 0 Å². The first kappa shape index (κ1) is 25.9. The average molecular weight is 473 g/mol. The molecule has 0 radical (unpaired) electrons. The molecule has 0 aliphatic rings. The molecule has 0 saturated heterocycles. The summed E-state index contributed by atoms with van der Waals surface area (Å²) in [5, 5.41) is 0. The minimum Gasteiger partial charge on any atom is -0.404 e. The molecule has 0 atom stereocenters. The van der Waals surface area contributed by atoms with Crippen LogP contribution < -0.4 is 0 Å². The zero-order valence-corrected chi connectivity index (χ0v) is 26.4. The summed E-state index contributed by atoms with van der Waals surface area (Å²) in [7, 11) is -7.16. The van der Waals surface area contributed by atoms with Gasteiger partial charge in [0.15, 0.2) is 26.4 Å². The first-order valence-corrected chi connectivity index (χ1v) is 20.6. The van der Waals surface area contributed by atoms with E-state index in [-0.39, 0.29) is 0 Å². The molecule has 160 valence electrons. The van der Waals surface area contributed by atoms with Crippen LogP contribution in [0.1, 0.15) is 33.4 Å². The topological polar surface area (TPSA) is 36.9 Å². The van der Waals surface area contributed by atoms with Gasteiger partial charge in [0.2, 0.25) is 0 Å². The molecule has 0 spiro atoms. The Morgan fingerprint density at radius 2 is 1.11 bits per heavy atom. The Morgan fingerprint density at radius 3 is 1.46 bits per heavy atom. The van der Waals surface area contributed by atoms with Crippen LogP contribution in [0, 0.1) is 34.6 Å². The van der Waals surface area contributed by atoms with Crippen molar-refractivity contribution in [2.45, 2.75) is 73.9 Å². The van der Waals surface area contributed by atoms with Crippen molar-refractivity contribution in [1.29, 1.82) is 0 Å². The molecule has 0 N–H and O–H groups in total. The quantitative estimate of drug-likeness (QED) is 0.513. The minimum absolute atomic E-state index is 0.550. The van der Waals surface area contributed by atoms with E-state index >= 15 is 0 Å². The van der Waals surface area contributed by atoms with Gasteiger partial charge in [-0.2, -0.15) is 0 Å². The Balaban J connectivity index is 3.07. The van der Waals surface area contributed by atoms with Crippen molar-refractivity contribution in [3.63, 3.8) is 0 Å². The molecule has 4 nitrogen and oxygen atoms in total. The highest BCUT2D eigenvalue weighted by Crippen LogP contribution is 2.27. The van der Waals surface area contributed by atoms with Crippen molar-refractivity contribution < 1.29 is 16.5 Å². The third-order valence-corrected chi connectivity index (χ3v) is 16.2. The van der Waals surface area contributed by atoms with Crippen LogP contribution in [0.5, 0.6) is 0 Å². The van der Waals surface area contributed by atoms with E-state index in [1.807, 2.05) is 0 Å². The van der Waals surface area contributed by atoms with Crippen molar-refractivity contribution >= 4 is 52.0 Å². The van der Waals surface area contributed by atoms with Crippen LogP contribution in [0.15, 0.2) is 5.70 Å². The lowest BCUT2D eigenvalue weighted by Gasteiger charge is -2.37. The molecule has 0 amide bonds. The van der Waals surface area contributed by atoms with E-state index in [0.29, 0.717) is 10.5 Å². The highest BCUT2D eigenvalue weighted by Gasteiger charge is 2.49. The molecule has 0 saturated carbocycles. The average Bonchev–Trinajstić information content (AvgIpc) is 2.54. The Hall–Kier alpha value is -0.116. The first-order valence-electron chi connectivity index (χ1n) is 9.95. The van der Waals surface area contributed by atoms with Gasteiger partial charge >= 0.3 is 9.05 Å². The summed E-state index contributed by atoms with van der Waals surface area (Å²) in [6, 6.07) is 0. The summed E-state index contributed by atoms with van der Waals surface area (Å²) >= 11 is 0. The summed E-state index contributed by atoms with van der Waals surface area (Å²) in [6.45, 7) is 24.0. The molecule has 0 aliphatic heterocycles. The van der Waals surface area contributed by atoms with Crippen molar-refractivity contribution in [2.24, 2.45) is 0 Å². The smallest absolute Gasteiger partial charge is 0.404 e. The van der Waals surface area contributed by atoms with E-state index in [2.05, 4.69) is 85.7 Å². The molecular formula is C19H40O4Si5. The van der Waals surface area contributed by atoms with Gasteiger partial charge in [0, 0.05) is 0 Å². The van der Waals surface area contributed by atoms with Crippen LogP contribution >= 0.6 is 0 Å². The second kappa shape index (κ2) is 9.79. The maximum Gasteiger partial charge on any atom is 0.636 e. The van der Waals surface area contributed by atoms with Crippen molar-refractivity contribution in [3.8, 4) is 0 Å². The second-order valence-corrected chi connectivity index (χ2v) is 24.1. The number of hydrogen-bond donors (Lipinski definition) is 0. The molecule has 0 heterocycles. The summed E-state index contributed by atoms with van der Waals surface area (Å²) < 4.78 is 25.0. The molecule has 0 aromatic heterocycles. The van der Waals surface area contributed by atoms with Crippen LogP contribution in [-0.2, 0) is 16.5 Å². The predicted molar refractivity (Wildman–Crippen MR) is 134 cm³/mol. The van der Waals surface area contributed by atoms with Gasteiger partial charge in [-0.3, -0.25) is 0 Å². The van der Waals surface area contributed by atoms with E-state index in [4.69, 9.17) is 16.5 Å². The second-order valence-electron chi connectivity index (χ2n) is 9.39. The fourth-order valence-corrected chi connectivity index (χ4v) is 16.4. The molecule has 1 aromatic carbocycles. The van der Waals surface area contributed by atoms with E-state index in [9.17, 15) is 0 Å². The standard InChI is InChI=1S/C19H40O4Si5/c1-14-15(2)17(4)19(18(5)16(14)3)12-13-25-21-28(20-24,22-26(6,7)8)23-27(9,10)11/h12-13H,25H2,1-11,24H3. The highest BCUT2D eigenvalue weighted by atomic mass is 28.5. The molecular weight excluding hydrogens is 433 g/mol. The summed E-state index contributed by atoms with van der Waals surface area (Å²) in [6.07, 6.45) is 2.23. The predicted octanol–water partition coefficient (Wildman–Crippen LogP) is 3.74. The lowest BCUT2D eigenvalue weighted by molar-refractivity contribution is 0.166. The Kier molecular flexibility index (Phi) is 9.07. The van der Waals surface area contributed by atoms with Crippen molar-refractivity contribution in [1.82, 2.24) is 0 Å². The SMILES string of the molecule is Cc1c(C)c(C)c(C=C[SiH2]O[Si](O[SiH3])(O[Si](C)(C)C)O[Si](C)(C)C)c(C)c1C. The van der Waals surface area contributed by atoms with Crippen LogP contribution in [-0.4, -0.2) is 45.9 Å². The monoisotopic (exact) mass is 472 g/mol. The zero-order chi connectivity index (χ0) is 21.9.